The topological polar surface area (TPSA) is 61.9 Å². The lowest BCUT2D eigenvalue weighted by atomic mass is 10.2. The number of pyridine rings is 1. The lowest BCUT2D eigenvalue weighted by molar-refractivity contribution is 0.466. The zero-order valence-corrected chi connectivity index (χ0v) is 9.77. The molecule has 2 aromatic rings. The van der Waals surface area contributed by atoms with Crippen molar-refractivity contribution in [1.82, 2.24) is 4.98 Å². The van der Waals surface area contributed by atoms with Crippen molar-refractivity contribution in [2.75, 3.05) is 5.32 Å². The van der Waals surface area contributed by atoms with Crippen molar-refractivity contribution in [2.45, 2.75) is 19.9 Å². The number of aromatic nitrogens is 1. The highest BCUT2D eigenvalue weighted by atomic mass is 16.3. The molecule has 1 unspecified atom stereocenters. The van der Waals surface area contributed by atoms with Gasteiger partial charge in [0.15, 0.2) is 0 Å². The number of nitrogens with zero attached hydrogens (tertiary/aromatic N) is 2. The second kappa shape index (κ2) is 4.71. The van der Waals surface area contributed by atoms with Gasteiger partial charge in [0, 0.05) is 0 Å². The summed E-state index contributed by atoms with van der Waals surface area (Å²) in [5.74, 6) is 2.41. The van der Waals surface area contributed by atoms with Crippen molar-refractivity contribution in [1.29, 1.82) is 5.26 Å². The lowest BCUT2D eigenvalue weighted by Gasteiger charge is -2.11. The monoisotopic (exact) mass is 227 g/mol. The minimum Gasteiger partial charge on any atom is -0.464 e. The number of rotatable bonds is 3. The third-order valence-electron chi connectivity index (χ3n) is 2.42. The summed E-state index contributed by atoms with van der Waals surface area (Å²) in [7, 11) is 0. The standard InChI is InChI=1S/C13H13N3O/c1-9-6-7-12(17-9)10(2)15-13-5-3-4-11(8-14)16-13/h3-7,10H,1-2H3,(H,15,16). The van der Waals surface area contributed by atoms with Crippen molar-refractivity contribution < 1.29 is 4.42 Å². The van der Waals surface area contributed by atoms with Gasteiger partial charge in [0.25, 0.3) is 0 Å². The van der Waals surface area contributed by atoms with Crippen molar-refractivity contribution in [3.05, 3.63) is 47.5 Å². The Balaban J connectivity index is 2.13. The van der Waals surface area contributed by atoms with E-state index in [0.717, 1.165) is 11.5 Å². The summed E-state index contributed by atoms with van der Waals surface area (Å²) in [5, 5.41) is 11.9. The van der Waals surface area contributed by atoms with Gasteiger partial charge in [-0.3, -0.25) is 0 Å². The van der Waals surface area contributed by atoms with Crippen molar-refractivity contribution in [3.63, 3.8) is 0 Å². The summed E-state index contributed by atoms with van der Waals surface area (Å²) >= 11 is 0. The van der Waals surface area contributed by atoms with E-state index < -0.39 is 0 Å². The highest BCUT2D eigenvalue weighted by Gasteiger charge is 2.09. The third kappa shape index (κ3) is 2.64. The highest BCUT2D eigenvalue weighted by molar-refractivity contribution is 5.40. The van der Waals surface area contributed by atoms with Crippen molar-refractivity contribution in [2.24, 2.45) is 0 Å². The molecule has 0 amide bonds. The fourth-order valence-electron chi connectivity index (χ4n) is 1.56. The molecule has 2 rings (SSSR count). The normalized spacial score (nSPS) is 11.8. The van der Waals surface area contributed by atoms with E-state index in [1.54, 1.807) is 12.1 Å². The van der Waals surface area contributed by atoms with Gasteiger partial charge in [-0.15, -0.1) is 0 Å². The Bertz CT molecular complexity index is 554. The van der Waals surface area contributed by atoms with Crippen LogP contribution in [0.1, 0.15) is 30.2 Å². The molecule has 86 valence electrons. The first-order valence-corrected chi connectivity index (χ1v) is 5.39. The van der Waals surface area contributed by atoms with Crippen LogP contribution in [0.3, 0.4) is 0 Å². The Kier molecular flexibility index (Phi) is 3.10. The van der Waals surface area contributed by atoms with Crippen LogP contribution in [-0.4, -0.2) is 4.98 Å². The maximum absolute atomic E-state index is 8.76. The second-order valence-corrected chi connectivity index (χ2v) is 3.83. The number of anilines is 1. The molecule has 0 saturated carbocycles. The van der Waals surface area contributed by atoms with Crippen LogP contribution in [0.5, 0.6) is 0 Å². The van der Waals surface area contributed by atoms with E-state index in [1.807, 2.05) is 38.1 Å². The second-order valence-electron chi connectivity index (χ2n) is 3.83. The van der Waals surface area contributed by atoms with Crippen molar-refractivity contribution >= 4 is 5.82 Å². The average molecular weight is 227 g/mol. The maximum Gasteiger partial charge on any atom is 0.142 e. The van der Waals surface area contributed by atoms with Crippen LogP contribution in [0, 0.1) is 18.3 Å². The molecule has 0 spiro atoms. The summed E-state index contributed by atoms with van der Waals surface area (Å²) in [4.78, 5) is 4.15. The van der Waals surface area contributed by atoms with Gasteiger partial charge in [-0.2, -0.15) is 5.26 Å². The minimum atomic E-state index is 0.0187. The molecule has 0 aliphatic carbocycles. The molecule has 2 aromatic heterocycles. The summed E-state index contributed by atoms with van der Waals surface area (Å²) < 4.78 is 5.52. The van der Waals surface area contributed by atoms with Gasteiger partial charge in [0.2, 0.25) is 0 Å². The predicted molar refractivity (Wildman–Crippen MR) is 64.4 cm³/mol. The van der Waals surface area contributed by atoms with E-state index in [-0.39, 0.29) is 6.04 Å². The van der Waals surface area contributed by atoms with E-state index in [1.165, 1.54) is 0 Å². The van der Waals surface area contributed by atoms with E-state index in [2.05, 4.69) is 10.3 Å². The molecule has 0 fully saturated rings. The number of aryl methyl sites for hydroxylation is 1. The number of hydrogen-bond donors (Lipinski definition) is 1. The zero-order chi connectivity index (χ0) is 12.3. The number of furan rings is 1. The maximum atomic E-state index is 8.76. The first kappa shape index (κ1) is 11.2. The van der Waals surface area contributed by atoms with Crippen LogP contribution in [0.4, 0.5) is 5.82 Å². The molecule has 1 atom stereocenters. The third-order valence-corrected chi connectivity index (χ3v) is 2.42. The first-order valence-electron chi connectivity index (χ1n) is 5.39. The molecule has 1 N–H and O–H groups in total. The van der Waals surface area contributed by atoms with Gasteiger partial charge in [-0.05, 0) is 38.1 Å². The summed E-state index contributed by atoms with van der Waals surface area (Å²) in [6.07, 6.45) is 0. The molecule has 0 radical (unpaired) electrons. The van der Waals surface area contributed by atoms with E-state index >= 15 is 0 Å². The average Bonchev–Trinajstić information content (AvgIpc) is 2.76. The van der Waals surface area contributed by atoms with Crippen LogP contribution in [0.2, 0.25) is 0 Å². The number of nitrogens with one attached hydrogen (secondary N) is 1. The predicted octanol–water partition coefficient (Wildman–Crippen LogP) is 3.03. The lowest BCUT2D eigenvalue weighted by Crippen LogP contribution is -2.07. The highest BCUT2D eigenvalue weighted by Crippen LogP contribution is 2.19. The molecule has 4 nitrogen and oxygen atoms in total. The smallest absolute Gasteiger partial charge is 0.142 e. The summed E-state index contributed by atoms with van der Waals surface area (Å²) in [6.45, 7) is 3.89. The molecule has 0 aromatic carbocycles. The Morgan fingerprint density at radius 2 is 2.18 bits per heavy atom. The molecule has 0 aliphatic heterocycles. The van der Waals surface area contributed by atoms with Gasteiger partial charge in [0.05, 0.1) is 6.04 Å². The van der Waals surface area contributed by atoms with Crippen LogP contribution in [0.25, 0.3) is 0 Å². The molecule has 17 heavy (non-hydrogen) atoms. The Hall–Kier alpha value is -2.28. The Morgan fingerprint density at radius 3 is 2.82 bits per heavy atom. The van der Waals surface area contributed by atoms with Crippen LogP contribution in [0.15, 0.2) is 34.7 Å². The molecule has 2 heterocycles. The quantitative estimate of drug-likeness (QED) is 0.875. The fourth-order valence-corrected chi connectivity index (χ4v) is 1.56. The van der Waals surface area contributed by atoms with Gasteiger partial charge in [-0.1, -0.05) is 6.07 Å². The molecular formula is C13H13N3O. The first-order chi connectivity index (χ1) is 8.19. The molecule has 0 saturated heterocycles. The van der Waals surface area contributed by atoms with Gasteiger partial charge < -0.3 is 9.73 Å². The van der Waals surface area contributed by atoms with Gasteiger partial charge in [0.1, 0.15) is 29.1 Å². The zero-order valence-electron chi connectivity index (χ0n) is 9.77. The largest absolute Gasteiger partial charge is 0.464 e. The Morgan fingerprint density at radius 1 is 1.35 bits per heavy atom. The minimum absolute atomic E-state index is 0.0187. The van der Waals surface area contributed by atoms with E-state index in [9.17, 15) is 0 Å². The molecule has 4 heteroatoms. The van der Waals surface area contributed by atoms with Gasteiger partial charge >= 0.3 is 0 Å². The fraction of sp³-hybridized carbons (Fsp3) is 0.231. The van der Waals surface area contributed by atoms with E-state index in [4.69, 9.17) is 9.68 Å². The van der Waals surface area contributed by atoms with Crippen LogP contribution in [-0.2, 0) is 0 Å². The molecule has 0 aliphatic rings. The number of nitriles is 1. The van der Waals surface area contributed by atoms with Crippen molar-refractivity contribution in [3.8, 4) is 6.07 Å². The van der Waals surface area contributed by atoms with E-state index in [0.29, 0.717) is 11.5 Å². The molecular weight excluding hydrogens is 214 g/mol. The van der Waals surface area contributed by atoms with Crippen LogP contribution < -0.4 is 5.32 Å². The summed E-state index contributed by atoms with van der Waals surface area (Å²) in [6, 6.07) is 11.2. The number of hydrogen-bond acceptors (Lipinski definition) is 4. The molecule has 0 bridgehead atoms. The van der Waals surface area contributed by atoms with Gasteiger partial charge in [-0.25, -0.2) is 4.98 Å². The Labute approximate surface area is 99.9 Å². The summed E-state index contributed by atoms with van der Waals surface area (Å²) in [5.41, 5.74) is 0.401. The van der Waals surface area contributed by atoms with Crippen LogP contribution >= 0.6 is 0 Å². The SMILES string of the molecule is Cc1ccc(C(C)Nc2cccc(C#N)n2)o1.